The van der Waals surface area contributed by atoms with Crippen LogP contribution < -0.4 is 15.2 Å². The summed E-state index contributed by atoms with van der Waals surface area (Å²) in [5.41, 5.74) is 13.0. The number of pyridine rings is 2. The summed E-state index contributed by atoms with van der Waals surface area (Å²) in [5.74, 6) is 0. The number of anilines is 2. The van der Waals surface area contributed by atoms with Crippen LogP contribution in [0, 0.1) is 10.1 Å². The van der Waals surface area contributed by atoms with Gasteiger partial charge in [0.05, 0.1) is 54.8 Å². The number of nitrogens with two attached hydrogens (primary N) is 2. The first-order valence-corrected chi connectivity index (χ1v) is 42.1. The van der Waals surface area contributed by atoms with Crippen LogP contribution in [0.15, 0.2) is 136 Å². The van der Waals surface area contributed by atoms with Crippen molar-refractivity contribution in [2.75, 3.05) is 36.5 Å². The monoisotopic (exact) mass is 1510 g/mol. The molecule has 4 aromatic carbocycles. The van der Waals surface area contributed by atoms with Gasteiger partial charge in [-0.05, 0) is 92.5 Å². The van der Waals surface area contributed by atoms with Crippen LogP contribution in [0.25, 0.3) is 11.3 Å². The van der Waals surface area contributed by atoms with Gasteiger partial charge in [-0.1, -0.05) is 68.4 Å². The zero-order valence-corrected chi connectivity index (χ0v) is 56.9. The van der Waals surface area contributed by atoms with Gasteiger partial charge < -0.3 is 11.5 Å². The van der Waals surface area contributed by atoms with Gasteiger partial charge in [0.15, 0.2) is 39.3 Å². The molecule has 4 N–H and O–H groups in total. The van der Waals surface area contributed by atoms with E-state index in [1.807, 2.05) is 12.3 Å². The number of nitrogen functional groups attached to an aromatic ring is 2. The van der Waals surface area contributed by atoms with Gasteiger partial charge in [0.25, 0.3) is 5.69 Å². The Morgan fingerprint density at radius 3 is 1.35 bits per heavy atom. The van der Waals surface area contributed by atoms with E-state index in [9.17, 15) is 43.8 Å². The molecule has 27 heteroatoms. The van der Waals surface area contributed by atoms with Crippen LogP contribution in [0.2, 0.25) is 33.4 Å². The number of hydrogen-bond acceptors (Lipinski definition) is 14. The van der Waals surface area contributed by atoms with Gasteiger partial charge in [0, 0.05) is 63.2 Å². The fourth-order valence-electron chi connectivity index (χ4n) is 7.13. The van der Waals surface area contributed by atoms with Crippen LogP contribution in [-0.2, 0) is 39.3 Å². The van der Waals surface area contributed by atoms with E-state index >= 15 is 0 Å². The number of unbranched alkanes of at least 4 members (excludes halogenated alkanes) is 3. The number of halogens is 7. The maximum absolute atomic E-state index is 11.5. The first-order valence-electron chi connectivity index (χ1n) is 23.2. The molecule has 0 saturated heterocycles. The number of hydrogen-bond donors (Lipinski definition) is 2. The van der Waals surface area contributed by atoms with Crippen LogP contribution in [-0.4, -0.2) is 92.0 Å². The van der Waals surface area contributed by atoms with Gasteiger partial charge in [0.2, 0.25) is 0 Å². The summed E-state index contributed by atoms with van der Waals surface area (Å²) in [4.78, 5) is 18.8. The second-order valence-corrected chi connectivity index (χ2v) is 42.6. The number of nitro benzene ring substituents is 1. The summed E-state index contributed by atoms with van der Waals surface area (Å²) in [6.07, 6.45) is 16.2. The van der Waals surface area contributed by atoms with Crippen molar-refractivity contribution in [2.45, 2.75) is 92.2 Å². The molecule has 0 radical (unpaired) electrons. The van der Waals surface area contributed by atoms with Gasteiger partial charge in [0.1, 0.15) is 0 Å². The van der Waals surface area contributed by atoms with E-state index in [2.05, 4.69) is 91.7 Å². The van der Waals surface area contributed by atoms with Crippen molar-refractivity contribution in [1.29, 1.82) is 0 Å². The SMILES string of the molecule is CCC[CH2][Sn]([CH2]CCC)([CH2]CCC)[c]1ccccn1.CS(=O)(=O)c1cc(N)c(-c2ccccn2)cc1Cl.CS(=O)(=O)c1cc(N)c(Br)cc1Cl.CS(=O)(=O)c1cc([N+](=O)[O-])c(Br)cc1Cl.CS(=O)(=O)c1ccc(Br)cc1Cl. The number of sulfone groups is 4. The average Bonchev–Trinajstić information content (AvgIpc) is 3.33. The predicted octanol–water partition coefficient (Wildman–Crippen LogP) is 14.5. The summed E-state index contributed by atoms with van der Waals surface area (Å²) in [6.45, 7) is 6.98. The molecular weight excluding hydrogens is 1460 g/mol. The molecule has 2 heterocycles. The van der Waals surface area contributed by atoms with E-state index in [0.717, 1.165) is 35.6 Å². The fraction of sp³-hybridized carbons (Fsp3) is 0.320. The third kappa shape index (κ3) is 23.0. The standard InChI is InChI=1S/C12H11ClN2O2S.C7H5BrClNO4S.C7H7BrClNO2S.C7H6BrClO2S.C5H4N.3C4H9.Sn/c1-18(16,17)12-7-10(14)8(6-9(12)13)11-4-2-3-5-15-11;1-15(13,14)7-3-6(10(11)12)4(8)2-5(7)9;1-13(11,12)7-3-6(10)4(8)2-5(7)9;1-12(10,11)7-3-2-5(8)4-6(7)9;1-2-4-6-5-3-1;3*1-3-4-2;/h2-7H,14H2,1H3;2-3H,1H3;2-3H,10H2,1H3;2-4H,1H3;1-4H;3*1,3-4H2,2H3;. The summed E-state index contributed by atoms with van der Waals surface area (Å²) >= 11 is 30.1. The first-order chi connectivity index (χ1) is 35.6. The third-order valence-electron chi connectivity index (χ3n) is 11.0. The Hall–Kier alpha value is -2.62. The molecular formula is C50H60Br3Cl4N5O10S4Sn. The minimum Gasteiger partial charge on any atom is -0.398 e. The van der Waals surface area contributed by atoms with Crippen LogP contribution in [0.1, 0.15) is 59.3 Å². The smallest absolute Gasteiger partial charge is 0.284 e. The van der Waals surface area contributed by atoms with Gasteiger partial charge in [-0.2, -0.15) is 0 Å². The molecule has 0 saturated carbocycles. The molecule has 422 valence electrons. The first kappa shape index (κ1) is 70.5. The molecule has 0 aliphatic rings. The molecule has 15 nitrogen and oxygen atoms in total. The summed E-state index contributed by atoms with van der Waals surface area (Å²) in [6, 6.07) is 24.5. The van der Waals surface area contributed by atoms with Crippen molar-refractivity contribution in [1.82, 2.24) is 9.97 Å². The summed E-state index contributed by atoms with van der Waals surface area (Å²) in [7, 11) is -13.5. The van der Waals surface area contributed by atoms with Crippen molar-refractivity contribution in [3.8, 4) is 11.3 Å². The average molecular weight is 1520 g/mol. The summed E-state index contributed by atoms with van der Waals surface area (Å²) in [5, 5.41) is 11.1. The van der Waals surface area contributed by atoms with Gasteiger partial charge in [-0.25, -0.2) is 33.7 Å². The van der Waals surface area contributed by atoms with Gasteiger partial charge in [-0.15, -0.1) is 0 Å². The number of rotatable bonds is 16. The molecule has 0 bridgehead atoms. The molecule has 0 unspecified atom stereocenters. The Morgan fingerprint density at radius 1 is 0.532 bits per heavy atom. The molecule has 6 aromatic rings. The normalized spacial score (nSPS) is 11.6. The molecule has 0 fully saturated rings. The largest absolute Gasteiger partial charge is 0.398 e. The number of benzene rings is 4. The second kappa shape index (κ2) is 32.1. The fourth-order valence-corrected chi connectivity index (χ4v) is 29.5. The van der Waals surface area contributed by atoms with E-state index < -0.39 is 62.6 Å². The van der Waals surface area contributed by atoms with Crippen molar-refractivity contribution < 1.29 is 38.6 Å². The molecule has 2 aromatic heterocycles. The zero-order valence-electron chi connectivity index (χ0n) is 43.0. The van der Waals surface area contributed by atoms with Gasteiger partial charge >= 0.3 is 124 Å². The van der Waals surface area contributed by atoms with E-state index in [4.69, 9.17) is 62.9 Å². The Labute approximate surface area is 502 Å². The number of aromatic nitrogens is 2. The Morgan fingerprint density at radius 2 is 0.948 bits per heavy atom. The van der Waals surface area contributed by atoms with Crippen LogP contribution >= 0.6 is 94.2 Å². The van der Waals surface area contributed by atoms with E-state index in [1.54, 1.807) is 34.2 Å². The maximum Gasteiger partial charge on any atom is 0.284 e. The molecule has 0 atom stereocenters. The Bertz CT molecular complexity index is 3410. The molecule has 6 rings (SSSR count). The maximum atomic E-state index is 11.5. The van der Waals surface area contributed by atoms with Crippen LogP contribution in [0.3, 0.4) is 0 Å². The molecule has 0 aliphatic heterocycles. The van der Waals surface area contributed by atoms with E-state index in [0.29, 0.717) is 27.1 Å². The van der Waals surface area contributed by atoms with Crippen LogP contribution in [0.5, 0.6) is 0 Å². The quantitative estimate of drug-likeness (QED) is 0.0395. The van der Waals surface area contributed by atoms with Gasteiger partial charge in [-0.3, -0.25) is 15.1 Å². The predicted molar refractivity (Wildman–Crippen MR) is 329 cm³/mol. The van der Waals surface area contributed by atoms with Crippen molar-refractivity contribution in [3.05, 3.63) is 147 Å². The molecule has 0 aliphatic carbocycles. The van der Waals surface area contributed by atoms with Crippen molar-refractivity contribution in [2.24, 2.45) is 0 Å². The summed E-state index contributed by atoms with van der Waals surface area (Å²) < 4.78 is 97.5. The van der Waals surface area contributed by atoms with Crippen LogP contribution in [0.4, 0.5) is 17.1 Å². The number of nitrogens with zero attached hydrogens (tertiary/aromatic N) is 3. The van der Waals surface area contributed by atoms with E-state index in [1.165, 1.54) is 88.2 Å². The molecule has 77 heavy (non-hydrogen) atoms. The zero-order chi connectivity index (χ0) is 58.7. The minimum absolute atomic E-state index is 0.0290. The topological polar surface area (TPSA) is 258 Å². The molecule has 0 amide bonds. The Kier molecular flexibility index (Phi) is 29.4. The third-order valence-corrected chi connectivity index (χ3v) is 34.3. The minimum atomic E-state index is -3.56. The van der Waals surface area contributed by atoms with E-state index in [-0.39, 0.29) is 49.8 Å². The van der Waals surface area contributed by atoms with Crippen molar-refractivity contribution >= 4 is 173 Å². The Balaban J connectivity index is 0.000000333. The molecule has 0 spiro atoms. The number of nitro groups is 1. The van der Waals surface area contributed by atoms with Crippen molar-refractivity contribution in [3.63, 3.8) is 0 Å². The second-order valence-electron chi connectivity index (χ2n) is 17.3.